The van der Waals surface area contributed by atoms with Crippen LogP contribution >= 0.6 is 0 Å². The highest BCUT2D eigenvalue weighted by Gasteiger charge is 2.37. The first kappa shape index (κ1) is 30.7. The van der Waals surface area contributed by atoms with Gasteiger partial charge in [0.2, 0.25) is 0 Å². The molecule has 8 aromatic carbocycles. The maximum absolute atomic E-state index is 5.07. The van der Waals surface area contributed by atoms with Crippen molar-refractivity contribution in [1.29, 1.82) is 0 Å². The van der Waals surface area contributed by atoms with Gasteiger partial charge in [0.15, 0.2) is 17.5 Å². The van der Waals surface area contributed by atoms with Gasteiger partial charge in [-0.1, -0.05) is 153 Å². The molecule has 0 amide bonds. The Morgan fingerprint density at radius 1 is 0.407 bits per heavy atom. The summed E-state index contributed by atoms with van der Waals surface area (Å²) in [5.41, 5.74) is 11.7. The zero-order valence-electron chi connectivity index (χ0n) is 30.0. The number of hydrogen-bond acceptors (Lipinski definition) is 3. The molecule has 0 saturated heterocycles. The molecule has 0 N–H and O–H groups in total. The van der Waals surface area contributed by atoms with Crippen molar-refractivity contribution < 1.29 is 0 Å². The molecule has 0 aliphatic heterocycles. The SMILES string of the molecule is CC1(C)c2cc3c(cc2-c2c1ccc1ccccc21)c1ccccc1n3-c1cccc2ccc(-c3nc(-c4ccccc4)nc(-c4ccccc4)n3)cc12. The predicted octanol–water partition coefficient (Wildman–Crippen LogP) is 12.6. The summed E-state index contributed by atoms with van der Waals surface area (Å²) in [6.45, 7) is 4.75. The van der Waals surface area contributed by atoms with Crippen molar-refractivity contribution in [3.05, 3.63) is 181 Å². The lowest BCUT2D eigenvalue weighted by Gasteiger charge is -2.22. The lowest BCUT2D eigenvalue weighted by atomic mass is 9.82. The van der Waals surface area contributed by atoms with E-state index in [0.717, 1.165) is 33.2 Å². The van der Waals surface area contributed by atoms with Gasteiger partial charge in [-0.2, -0.15) is 0 Å². The number of hydrogen-bond donors (Lipinski definition) is 0. The molecule has 10 aromatic rings. The summed E-state index contributed by atoms with van der Waals surface area (Å²) in [4.78, 5) is 15.1. The zero-order chi connectivity index (χ0) is 36.0. The molecule has 0 saturated carbocycles. The van der Waals surface area contributed by atoms with Crippen LogP contribution in [0.25, 0.3) is 94.3 Å². The Labute approximate surface area is 313 Å². The van der Waals surface area contributed by atoms with Gasteiger partial charge in [0.25, 0.3) is 0 Å². The van der Waals surface area contributed by atoms with Crippen molar-refractivity contribution in [3.8, 4) is 51.0 Å². The lowest BCUT2D eigenvalue weighted by molar-refractivity contribution is 0.661. The summed E-state index contributed by atoms with van der Waals surface area (Å²) in [6.07, 6.45) is 0. The number of para-hydroxylation sites is 1. The minimum atomic E-state index is -0.151. The van der Waals surface area contributed by atoms with Gasteiger partial charge in [-0.3, -0.25) is 0 Å². The van der Waals surface area contributed by atoms with Crippen LogP contribution < -0.4 is 0 Å². The molecule has 0 spiro atoms. The molecule has 1 aliphatic rings. The highest BCUT2D eigenvalue weighted by atomic mass is 15.0. The van der Waals surface area contributed by atoms with Gasteiger partial charge < -0.3 is 4.57 Å². The molecular formula is C50H34N4. The van der Waals surface area contributed by atoms with E-state index in [1.165, 1.54) is 54.8 Å². The van der Waals surface area contributed by atoms with E-state index in [0.29, 0.717) is 17.5 Å². The van der Waals surface area contributed by atoms with E-state index in [9.17, 15) is 0 Å². The number of fused-ring (bicyclic) bond motifs is 9. The van der Waals surface area contributed by atoms with Crippen molar-refractivity contribution in [3.63, 3.8) is 0 Å². The van der Waals surface area contributed by atoms with E-state index >= 15 is 0 Å². The normalized spacial score (nSPS) is 13.1. The van der Waals surface area contributed by atoms with Crippen LogP contribution in [0.2, 0.25) is 0 Å². The maximum Gasteiger partial charge on any atom is 0.164 e. The van der Waals surface area contributed by atoms with Gasteiger partial charge in [-0.15, -0.1) is 0 Å². The highest BCUT2D eigenvalue weighted by molar-refractivity contribution is 6.14. The van der Waals surface area contributed by atoms with Gasteiger partial charge in [-0.05, 0) is 68.7 Å². The Kier molecular flexibility index (Phi) is 6.56. The first-order valence-corrected chi connectivity index (χ1v) is 18.5. The van der Waals surface area contributed by atoms with E-state index in [2.05, 4.69) is 128 Å². The molecule has 54 heavy (non-hydrogen) atoms. The smallest absolute Gasteiger partial charge is 0.164 e. The van der Waals surface area contributed by atoms with Crippen molar-refractivity contribution in [2.75, 3.05) is 0 Å². The molecule has 0 unspecified atom stereocenters. The molecule has 4 heteroatoms. The molecule has 4 nitrogen and oxygen atoms in total. The van der Waals surface area contributed by atoms with Crippen molar-refractivity contribution >= 4 is 43.4 Å². The largest absolute Gasteiger partial charge is 0.309 e. The summed E-state index contributed by atoms with van der Waals surface area (Å²) in [5, 5.41) is 7.38. The van der Waals surface area contributed by atoms with E-state index in [1.54, 1.807) is 0 Å². The maximum atomic E-state index is 5.07. The van der Waals surface area contributed by atoms with Crippen LogP contribution in [0.1, 0.15) is 25.0 Å². The van der Waals surface area contributed by atoms with Gasteiger partial charge in [-0.25, -0.2) is 15.0 Å². The summed E-state index contributed by atoms with van der Waals surface area (Å²) >= 11 is 0. The molecule has 254 valence electrons. The fourth-order valence-corrected chi connectivity index (χ4v) is 8.75. The van der Waals surface area contributed by atoms with Crippen LogP contribution in [-0.2, 0) is 5.41 Å². The van der Waals surface area contributed by atoms with E-state index in [-0.39, 0.29) is 5.41 Å². The first-order valence-electron chi connectivity index (χ1n) is 18.5. The third-order valence-electron chi connectivity index (χ3n) is 11.4. The van der Waals surface area contributed by atoms with Crippen LogP contribution in [-0.4, -0.2) is 19.5 Å². The Bertz CT molecular complexity index is 3060. The average molecular weight is 691 g/mol. The van der Waals surface area contributed by atoms with E-state index in [1.807, 2.05) is 60.7 Å². The summed E-state index contributed by atoms with van der Waals surface area (Å²) < 4.78 is 2.46. The lowest BCUT2D eigenvalue weighted by Crippen LogP contribution is -2.15. The topological polar surface area (TPSA) is 43.6 Å². The second-order valence-corrected chi connectivity index (χ2v) is 14.9. The Hall–Kier alpha value is -6.91. The zero-order valence-corrected chi connectivity index (χ0v) is 30.0. The molecule has 2 heterocycles. The third kappa shape index (κ3) is 4.53. The van der Waals surface area contributed by atoms with E-state index < -0.39 is 0 Å². The number of aromatic nitrogens is 4. The van der Waals surface area contributed by atoms with Crippen LogP contribution in [0.3, 0.4) is 0 Å². The fourth-order valence-electron chi connectivity index (χ4n) is 8.75. The minimum absolute atomic E-state index is 0.151. The van der Waals surface area contributed by atoms with Crippen LogP contribution in [0.5, 0.6) is 0 Å². The molecule has 1 aliphatic carbocycles. The monoisotopic (exact) mass is 690 g/mol. The van der Waals surface area contributed by atoms with E-state index in [4.69, 9.17) is 15.0 Å². The quantitative estimate of drug-likeness (QED) is 0.185. The Morgan fingerprint density at radius 2 is 1.00 bits per heavy atom. The average Bonchev–Trinajstić information content (AvgIpc) is 3.67. The van der Waals surface area contributed by atoms with Gasteiger partial charge in [0.1, 0.15) is 0 Å². The third-order valence-corrected chi connectivity index (χ3v) is 11.4. The molecule has 11 rings (SSSR count). The summed E-state index contributed by atoms with van der Waals surface area (Å²) in [5.74, 6) is 1.95. The summed E-state index contributed by atoms with van der Waals surface area (Å²) in [6, 6.07) is 60.7. The van der Waals surface area contributed by atoms with Crippen molar-refractivity contribution in [2.45, 2.75) is 19.3 Å². The van der Waals surface area contributed by atoms with Gasteiger partial charge in [0, 0.05) is 38.3 Å². The standard InChI is InChI=1S/C50H34N4/c1-50(2)41-27-26-31-14-9-10-20-36(31)46(41)40-29-39-37-21-11-12-22-43(37)54(45(39)30-42(40)50)44-23-13-19-32-24-25-35(28-38(32)44)49-52-47(33-15-5-3-6-16-33)51-48(53-49)34-17-7-4-8-18-34/h3-30H,1-2H3. The Morgan fingerprint density at radius 3 is 1.74 bits per heavy atom. The highest BCUT2D eigenvalue weighted by Crippen LogP contribution is 2.53. The van der Waals surface area contributed by atoms with Crippen LogP contribution in [0.15, 0.2) is 170 Å². The second kappa shape index (κ2) is 11.5. The molecular weight excluding hydrogens is 657 g/mol. The number of benzene rings is 8. The predicted molar refractivity (Wildman–Crippen MR) is 223 cm³/mol. The van der Waals surface area contributed by atoms with Gasteiger partial charge in [0.05, 0.1) is 16.7 Å². The van der Waals surface area contributed by atoms with Crippen LogP contribution in [0.4, 0.5) is 0 Å². The number of nitrogens with zero attached hydrogens (tertiary/aromatic N) is 4. The second-order valence-electron chi connectivity index (χ2n) is 14.9. The first-order chi connectivity index (χ1) is 26.5. The van der Waals surface area contributed by atoms with Crippen molar-refractivity contribution in [1.82, 2.24) is 19.5 Å². The molecule has 0 fully saturated rings. The molecule has 2 aromatic heterocycles. The summed E-state index contributed by atoms with van der Waals surface area (Å²) in [7, 11) is 0. The molecule has 0 atom stereocenters. The van der Waals surface area contributed by atoms with Crippen molar-refractivity contribution in [2.24, 2.45) is 0 Å². The van der Waals surface area contributed by atoms with Crippen LogP contribution in [0, 0.1) is 0 Å². The fraction of sp³-hybridized carbons (Fsp3) is 0.0600. The molecule has 0 radical (unpaired) electrons. The minimum Gasteiger partial charge on any atom is -0.309 e. The molecule has 0 bridgehead atoms. The Balaban J connectivity index is 1.15. The van der Waals surface area contributed by atoms with Gasteiger partial charge >= 0.3 is 0 Å². The number of rotatable bonds is 4.